The lowest BCUT2D eigenvalue weighted by molar-refractivity contribution is -0.121. The predicted molar refractivity (Wildman–Crippen MR) is 61.6 cm³/mol. The number of amides is 1. The third kappa shape index (κ3) is 3.24. The van der Waals surface area contributed by atoms with Crippen LogP contribution in [0.15, 0.2) is 0 Å². The molecule has 1 aliphatic heterocycles. The van der Waals surface area contributed by atoms with Gasteiger partial charge >= 0.3 is 0 Å². The Kier molecular flexibility index (Phi) is 4.38. The number of likely N-dealkylation sites (tertiary alicyclic amines) is 1. The van der Waals surface area contributed by atoms with Gasteiger partial charge in [-0.3, -0.25) is 4.79 Å². The van der Waals surface area contributed by atoms with Crippen LogP contribution in [0.1, 0.15) is 26.7 Å². The minimum atomic E-state index is -0.0857. The summed E-state index contributed by atoms with van der Waals surface area (Å²) in [4.78, 5) is 13.7. The van der Waals surface area contributed by atoms with E-state index >= 15 is 0 Å². The lowest BCUT2D eigenvalue weighted by atomic mass is 9.99. The predicted octanol–water partition coefficient (Wildman–Crippen LogP) is 1.37. The van der Waals surface area contributed by atoms with Gasteiger partial charge in [-0.25, -0.2) is 0 Å². The number of rotatable bonds is 2. The maximum atomic E-state index is 11.4. The largest absolute Gasteiger partial charge is 0.352 e. The van der Waals surface area contributed by atoms with Gasteiger partial charge in [0.15, 0.2) is 0 Å². The van der Waals surface area contributed by atoms with Gasteiger partial charge in [0.25, 0.3) is 0 Å². The Morgan fingerprint density at radius 1 is 1.64 bits per heavy atom. The van der Waals surface area contributed by atoms with Crippen molar-refractivity contribution in [1.29, 1.82) is 0 Å². The van der Waals surface area contributed by atoms with E-state index in [1.807, 2.05) is 6.92 Å². The van der Waals surface area contributed by atoms with Crippen LogP contribution in [0, 0.1) is 0 Å². The summed E-state index contributed by atoms with van der Waals surface area (Å²) in [6.07, 6.45) is 2.12. The Bertz CT molecular complexity index is 208. The zero-order valence-electron chi connectivity index (χ0n) is 9.09. The van der Waals surface area contributed by atoms with E-state index in [1.165, 1.54) is 0 Å². The first kappa shape index (κ1) is 12.0. The molecule has 0 bridgehead atoms. The Hall–Kier alpha value is -0.0900. The molecule has 1 amide bonds. The Morgan fingerprint density at radius 2 is 2.29 bits per heavy atom. The van der Waals surface area contributed by atoms with E-state index in [9.17, 15) is 4.79 Å². The van der Waals surface area contributed by atoms with Gasteiger partial charge in [0.1, 0.15) is 0 Å². The molecule has 4 heteroatoms. The molecule has 3 unspecified atom stereocenters. The summed E-state index contributed by atoms with van der Waals surface area (Å²) in [6.45, 7) is 5.13. The van der Waals surface area contributed by atoms with Crippen molar-refractivity contribution in [3.63, 3.8) is 0 Å². The third-order valence-corrected chi connectivity index (χ3v) is 3.33. The van der Waals surface area contributed by atoms with Gasteiger partial charge in [0, 0.05) is 18.6 Å². The molecule has 1 heterocycles. The van der Waals surface area contributed by atoms with Crippen molar-refractivity contribution >= 4 is 21.8 Å². The van der Waals surface area contributed by atoms with Gasteiger partial charge in [0.2, 0.25) is 5.91 Å². The fraction of sp³-hybridized carbons (Fsp3) is 0.900. The van der Waals surface area contributed by atoms with Crippen LogP contribution in [0.5, 0.6) is 0 Å². The SMILES string of the molecule is CC(Br)C(=O)NC1CCN(C)C(C)C1. The zero-order valence-corrected chi connectivity index (χ0v) is 10.7. The molecule has 82 valence electrons. The summed E-state index contributed by atoms with van der Waals surface area (Å²) < 4.78 is 0. The van der Waals surface area contributed by atoms with E-state index < -0.39 is 0 Å². The van der Waals surface area contributed by atoms with Gasteiger partial charge in [0.05, 0.1) is 4.83 Å². The molecule has 1 aliphatic rings. The van der Waals surface area contributed by atoms with Gasteiger partial charge in [-0.2, -0.15) is 0 Å². The molecular weight excluding hydrogens is 244 g/mol. The van der Waals surface area contributed by atoms with Gasteiger partial charge < -0.3 is 10.2 Å². The average Bonchev–Trinajstić information content (AvgIpc) is 2.11. The van der Waals surface area contributed by atoms with Crippen molar-refractivity contribution in [2.75, 3.05) is 13.6 Å². The van der Waals surface area contributed by atoms with Crippen molar-refractivity contribution in [2.24, 2.45) is 0 Å². The van der Waals surface area contributed by atoms with Crippen LogP contribution < -0.4 is 5.32 Å². The topological polar surface area (TPSA) is 32.3 Å². The van der Waals surface area contributed by atoms with Crippen molar-refractivity contribution in [1.82, 2.24) is 10.2 Å². The molecule has 3 nitrogen and oxygen atoms in total. The van der Waals surface area contributed by atoms with E-state index in [0.29, 0.717) is 12.1 Å². The number of carbonyl (C=O) groups excluding carboxylic acids is 1. The highest BCUT2D eigenvalue weighted by atomic mass is 79.9. The molecule has 1 fully saturated rings. The molecule has 0 aliphatic carbocycles. The first-order chi connectivity index (χ1) is 6.50. The average molecular weight is 263 g/mol. The second kappa shape index (κ2) is 5.12. The van der Waals surface area contributed by atoms with Crippen LogP contribution in [0.25, 0.3) is 0 Å². The molecule has 3 atom stereocenters. The summed E-state index contributed by atoms with van der Waals surface area (Å²) in [5.41, 5.74) is 0. The summed E-state index contributed by atoms with van der Waals surface area (Å²) >= 11 is 3.27. The molecule has 14 heavy (non-hydrogen) atoms. The maximum absolute atomic E-state index is 11.4. The third-order valence-electron chi connectivity index (χ3n) is 2.92. The minimum Gasteiger partial charge on any atom is -0.352 e. The first-order valence-corrected chi connectivity index (χ1v) is 6.07. The lowest BCUT2D eigenvalue weighted by Gasteiger charge is -2.35. The monoisotopic (exact) mass is 262 g/mol. The smallest absolute Gasteiger partial charge is 0.233 e. The molecule has 0 spiro atoms. The second-order valence-electron chi connectivity index (χ2n) is 4.18. The highest BCUT2D eigenvalue weighted by Crippen LogP contribution is 2.15. The standard InChI is InChI=1S/C10H19BrN2O/c1-7-6-9(4-5-13(7)3)12-10(14)8(2)11/h7-9H,4-6H2,1-3H3,(H,12,14). The number of carbonyl (C=O) groups is 1. The summed E-state index contributed by atoms with van der Waals surface area (Å²) in [5.74, 6) is 0.103. The van der Waals surface area contributed by atoms with Crippen LogP contribution in [-0.4, -0.2) is 41.3 Å². The van der Waals surface area contributed by atoms with E-state index in [2.05, 4.69) is 40.1 Å². The number of halogens is 1. The van der Waals surface area contributed by atoms with Crippen LogP contribution in [0.2, 0.25) is 0 Å². The summed E-state index contributed by atoms with van der Waals surface area (Å²) in [5, 5.41) is 3.06. The highest BCUT2D eigenvalue weighted by Gasteiger charge is 2.24. The van der Waals surface area contributed by atoms with Gasteiger partial charge in [-0.1, -0.05) is 15.9 Å². The molecule has 0 aromatic carbocycles. The van der Waals surface area contributed by atoms with Gasteiger partial charge in [-0.05, 0) is 33.7 Å². The zero-order chi connectivity index (χ0) is 10.7. The lowest BCUT2D eigenvalue weighted by Crippen LogP contribution is -2.48. The molecular formula is C10H19BrN2O. The van der Waals surface area contributed by atoms with Crippen molar-refractivity contribution in [2.45, 2.75) is 43.6 Å². The first-order valence-electron chi connectivity index (χ1n) is 5.15. The normalized spacial score (nSPS) is 31.1. The van der Waals surface area contributed by atoms with Crippen LogP contribution in [0.3, 0.4) is 0 Å². The quantitative estimate of drug-likeness (QED) is 0.763. The van der Waals surface area contributed by atoms with E-state index in [1.54, 1.807) is 0 Å². The molecule has 0 radical (unpaired) electrons. The molecule has 1 N–H and O–H groups in total. The Labute approximate surface area is 94.4 Å². The van der Waals surface area contributed by atoms with Crippen LogP contribution in [0.4, 0.5) is 0 Å². The number of piperidine rings is 1. The van der Waals surface area contributed by atoms with Crippen LogP contribution in [-0.2, 0) is 4.79 Å². The number of nitrogens with one attached hydrogen (secondary N) is 1. The van der Waals surface area contributed by atoms with Crippen molar-refractivity contribution in [3.8, 4) is 0 Å². The van der Waals surface area contributed by atoms with Gasteiger partial charge in [-0.15, -0.1) is 0 Å². The fourth-order valence-corrected chi connectivity index (χ4v) is 1.87. The maximum Gasteiger partial charge on any atom is 0.233 e. The minimum absolute atomic E-state index is 0.0857. The number of nitrogens with zero attached hydrogens (tertiary/aromatic N) is 1. The fourth-order valence-electron chi connectivity index (χ4n) is 1.74. The summed E-state index contributed by atoms with van der Waals surface area (Å²) in [7, 11) is 2.13. The molecule has 0 aromatic rings. The van der Waals surface area contributed by atoms with Crippen molar-refractivity contribution in [3.05, 3.63) is 0 Å². The molecule has 1 rings (SSSR count). The van der Waals surface area contributed by atoms with Crippen LogP contribution >= 0.6 is 15.9 Å². The highest BCUT2D eigenvalue weighted by molar-refractivity contribution is 9.10. The molecule has 0 saturated carbocycles. The molecule has 1 saturated heterocycles. The summed E-state index contributed by atoms with van der Waals surface area (Å²) in [6, 6.07) is 0.924. The number of alkyl halides is 1. The van der Waals surface area contributed by atoms with E-state index in [0.717, 1.165) is 19.4 Å². The number of hydrogen-bond acceptors (Lipinski definition) is 2. The molecule has 0 aromatic heterocycles. The Morgan fingerprint density at radius 3 is 2.79 bits per heavy atom. The van der Waals surface area contributed by atoms with Crippen molar-refractivity contribution < 1.29 is 4.79 Å². The number of hydrogen-bond donors (Lipinski definition) is 1. The van der Waals surface area contributed by atoms with E-state index in [-0.39, 0.29) is 10.7 Å². The second-order valence-corrected chi connectivity index (χ2v) is 5.55. The Balaban J connectivity index is 2.37. The van der Waals surface area contributed by atoms with E-state index in [4.69, 9.17) is 0 Å².